The van der Waals surface area contributed by atoms with Crippen molar-refractivity contribution in [1.82, 2.24) is 14.3 Å². The molecule has 33 heavy (non-hydrogen) atoms. The Labute approximate surface area is 194 Å². The highest BCUT2D eigenvalue weighted by Gasteiger charge is 2.27. The van der Waals surface area contributed by atoms with Crippen LogP contribution in [0.2, 0.25) is 0 Å². The number of sulfonamides is 1. The lowest BCUT2D eigenvalue weighted by Crippen LogP contribution is -2.35. The molecule has 1 aromatic heterocycles. The topological polar surface area (TPSA) is 95.5 Å². The minimum Gasteiger partial charge on any atom is -0.376 e. The predicted molar refractivity (Wildman–Crippen MR) is 129 cm³/mol. The zero-order valence-electron chi connectivity index (χ0n) is 18.7. The highest BCUT2D eigenvalue weighted by atomic mass is 32.2. The highest BCUT2D eigenvalue weighted by molar-refractivity contribution is 7.89. The molecule has 0 spiro atoms. The molecule has 8 nitrogen and oxygen atoms in total. The van der Waals surface area contributed by atoms with Gasteiger partial charge in [0.15, 0.2) is 5.82 Å². The Morgan fingerprint density at radius 3 is 2.27 bits per heavy atom. The Morgan fingerprint density at radius 2 is 1.64 bits per heavy atom. The van der Waals surface area contributed by atoms with Gasteiger partial charge < -0.3 is 10.2 Å². The SMILES string of the molecule is CN(C)c1ccc(S(=O)(=O)N2CCCCC2)cc1NC(=O)c1cnc(-c2ccccc2)nc1. The molecule has 1 saturated heterocycles. The van der Waals surface area contributed by atoms with Crippen LogP contribution in [0.25, 0.3) is 11.4 Å². The van der Waals surface area contributed by atoms with Gasteiger partial charge >= 0.3 is 0 Å². The summed E-state index contributed by atoms with van der Waals surface area (Å²) in [5.41, 5.74) is 2.25. The molecule has 1 amide bonds. The Hall–Kier alpha value is -3.30. The quantitative estimate of drug-likeness (QED) is 0.597. The van der Waals surface area contributed by atoms with Crippen molar-refractivity contribution >= 4 is 27.3 Å². The van der Waals surface area contributed by atoms with Gasteiger partial charge in [0.1, 0.15) is 0 Å². The van der Waals surface area contributed by atoms with Crippen molar-refractivity contribution in [2.75, 3.05) is 37.4 Å². The fourth-order valence-corrected chi connectivity index (χ4v) is 5.34. The van der Waals surface area contributed by atoms with Gasteiger partial charge in [-0.25, -0.2) is 18.4 Å². The van der Waals surface area contributed by atoms with E-state index in [4.69, 9.17) is 0 Å². The first kappa shape index (κ1) is 22.9. The van der Waals surface area contributed by atoms with Gasteiger partial charge in [0.2, 0.25) is 10.0 Å². The lowest BCUT2D eigenvalue weighted by molar-refractivity contribution is 0.102. The molecule has 1 N–H and O–H groups in total. The largest absolute Gasteiger partial charge is 0.376 e. The summed E-state index contributed by atoms with van der Waals surface area (Å²) in [6, 6.07) is 14.3. The Kier molecular flexibility index (Phi) is 6.71. The number of carbonyl (C=O) groups excluding carboxylic acids is 1. The summed E-state index contributed by atoms with van der Waals surface area (Å²) < 4.78 is 27.8. The van der Waals surface area contributed by atoms with E-state index in [0.717, 1.165) is 24.8 Å². The summed E-state index contributed by atoms with van der Waals surface area (Å²) in [5, 5.41) is 2.84. The average Bonchev–Trinajstić information content (AvgIpc) is 2.85. The first-order valence-corrected chi connectivity index (χ1v) is 12.3. The number of carbonyl (C=O) groups is 1. The zero-order chi connectivity index (χ0) is 23.4. The number of benzene rings is 2. The minimum absolute atomic E-state index is 0.168. The van der Waals surface area contributed by atoms with Gasteiger partial charge in [0.25, 0.3) is 5.91 Å². The van der Waals surface area contributed by atoms with Crippen molar-refractivity contribution in [2.45, 2.75) is 24.2 Å². The third-order valence-corrected chi connectivity index (χ3v) is 7.49. The molecule has 1 aliphatic heterocycles. The van der Waals surface area contributed by atoms with Gasteiger partial charge in [-0.15, -0.1) is 0 Å². The van der Waals surface area contributed by atoms with Gasteiger partial charge in [-0.2, -0.15) is 4.31 Å². The number of piperidine rings is 1. The van der Waals surface area contributed by atoms with Crippen LogP contribution in [0.5, 0.6) is 0 Å². The second-order valence-electron chi connectivity index (χ2n) is 8.15. The fourth-order valence-electron chi connectivity index (χ4n) is 3.80. The van der Waals surface area contributed by atoms with E-state index in [1.54, 1.807) is 12.1 Å². The number of anilines is 2. The maximum atomic E-state index is 13.1. The molecule has 2 heterocycles. The van der Waals surface area contributed by atoms with Gasteiger partial charge in [0.05, 0.1) is 21.8 Å². The molecule has 0 radical (unpaired) electrons. The van der Waals surface area contributed by atoms with E-state index in [1.807, 2.05) is 49.3 Å². The lowest BCUT2D eigenvalue weighted by Gasteiger charge is -2.26. The summed E-state index contributed by atoms with van der Waals surface area (Å²) >= 11 is 0. The fraction of sp³-hybridized carbons (Fsp3) is 0.292. The van der Waals surface area contributed by atoms with Gasteiger partial charge in [0, 0.05) is 45.1 Å². The molecule has 0 saturated carbocycles. The van der Waals surface area contributed by atoms with Crippen LogP contribution in [0.15, 0.2) is 65.8 Å². The van der Waals surface area contributed by atoms with Crippen molar-refractivity contribution in [2.24, 2.45) is 0 Å². The molecule has 1 fully saturated rings. The molecule has 3 aromatic rings. The average molecular weight is 466 g/mol. The Morgan fingerprint density at radius 1 is 0.970 bits per heavy atom. The maximum Gasteiger partial charge on any atom is 0.258 e. The van der Waals surface area contributed by atoms with Crippen LogP contribution in [0, 0.1) is 0 Å². The van der Waals surface area contributed by atoms with Crippen LogP contribution in [0.4, 0.5) is 11.4 Å². The van der Waals surface area contributed by atoms with Gasteiger partial charge in [-0.05, 0) is 31.0 Å². The van der Waals surface area contributed by atoms with Crippen molar-refractivity contribution in [1.29, 1.82) is 0 Å². The molecule has 172 valence electrons. The Bertz CT molecular complexity index is 1220. The molecule has 4 rings (SSSR count). The number of aromatic nitrogens is 2. The van der Waals surface area contributed by atoms with Crippen LogP contribution in [-0.4, -0.2) is 55.8 Å². The predicted octanol–water partition coefficient (Wildman–Crippen LogP) is 3.64. The highest BCUT2D eigenvalue weighted by Crippen LogP contribution is 2.30. The molecule has 0 aliphatic carbocycles. The first-order chi connectivity index (χ1) is 15.9. The molecule has 9 heteroatoms. The van der Waals surface area contributed by atoms with Crippen LogP contribution in [0.1, 0.15) is 29.6 Å². The number of amides is 1. The number of nitrogens with one attached hydrogen (secondary N) is 1. The van der Waals surface area contributed by atoms with E-state index in [-0.39, 0.29) is 10.5 Å². The standard InChI is InChI=1S/C24H27N5O3S/c1-28(2)22-12-11-20(33(31,32)29-13-7-4-8-14-29)15-21(22)27-24(30)19-16-25-23(26-17-19)18-9-5-3-6-10-18/h3,5-6,9-12,15-17H,4,7-8,13-14H2,1-2H3,(H,27,30). The normalized spacial score (nSPS) is 14.6. The molecule has 2 aromatic carbocycles. The number of rotatable bonds is 6. The summed E-state index contributed by atoms with van der Waals surface area (Å²) in [4.78, 5) is 23.5. The molecule has 0 bridgehead atoms. The van der Waals surface area contributed by atoms with Crippen LogP contribution < -0.4 is 10.2 Å². The molecule has 0 unspecified atom stereocenters. The minimum atomic E-state index is -3.62. The zero-order valence-corrected chi connectivity index (χ0v) is 19.5. The van der Waals surface area contributed by atoms with Gasteiger partial charge in [-0.1, -0.05) is 36.8 Å². The van der Waals surface area contributed by atoms with Crippen LogP contribution >= 0.6 is 0 Å². The van der Waals surface area contributed by atoms with Crippen molar-refractivity contribution in [3.05, 3.63) is 66.5 Å². The van der Waals surface area contributed by atoms with E-state index in [2.05, 4.69) is 15.3 Å². The van der Waals surface area contributed by atoms with Crippen molar-refractivity contribution in [3.8, 4) is 11.4 Å². The van der Waals surface area contributed by atoms with E-state index in [9.17, 15) is 13.2 Å². The summed E-state index contributed by atoms with van der Waals surface area (Å²) in [7, 11) is 0.0449. The van der Waals surface area contributed by atoms with E-state index >= 15 is 0 Å². The van der Waals surface area contributed by atoms with Crippen molar-refractivity contribution in [3.63, 3.8) is 0 Å². The van der Waals surface area contributed by atoms with E-state index < -0.39 is 15.9 Å². The van der Waals surface area contributed by atoms with Crippen LogP contribution in [-0.2, 0) is 10.0 Å². The van der Waals surface area contributed by atoms with Crippen LogP contribution in [0.3, 0.4) is 0 Å². The van der Waals surface area contributed by atoms with E-state index in [0.29, 0.717) is 30.3 Å². The number of nitrogens with zero attached hydrogens (tertiary/aromatic N) is 4. The number of hydrogen-bond donors (Lipinski definition) is 1. The third-order valence-electron chi connectivity index (χ3n) is 5.60. The molecular weight excluding hydrogens is 438 g/mol. The number of hydrogen-bond acceptors (Lipinski definition) is 6. The van der Waals surface area contributed by atoms with Crippen molar-refractivity contribution < 1.29 is 13.2 Å². The monoisotopic (exact) mass is 465 g/mol. The van der Waals surface area contributed by atoms with Gasteiger partial charge in [-0.3, -0.25) is 4.79 Å². The summed E-state index contributed by atoms with van der Waals surface area (Å²) in [6.45, 7) is 1.04. The molecular formula is C24H27N5O3S. The molecule has 1 aliphatic rings. The first-order valence-electron chi connectivity index (χ1n) is 10.9. The third kappa shape index (κ3) is 5.04. The smallest absolute Gasteiger partial charge is 0.258 e. The maximum absolute atomic E-state index is 13.1. The second-order valence-corrected chi connectivity index (χ2v) is 10.1. The van der Waals surface area contributed by atoms with E-state index in [1.165, 1.54) is 22.8 Å². The lowest BCUT2D eigenvalue weighted by atomic mass is 10.2. The molecule has 0 atom stereocenters. The Balaban J connectivity index is 1.59. The second kappa shape index (κ2) is 9.68. The summed E-state index contributed by atoms with van der Waals surface area (Å²) in [6.07, 6.45) is 5.69. The summed E-state index contributed by atoms with van der Waals surface area (Å²) in [5.74, 6) is 0.112.